The van der Waals surface area contributed by atoms with Crippen LogP contribution in [0.4, 0.5) is 5.69 Å². The molecule has 4 fully saturated rings. The minimum Gasteiger partial charge on any atom is -0.350 e. The van der Waals surface area contributed by atoms with Gasteiger partial charge in [-0.3, -0.25) is 9.59 Å². The van der Waals surface area contributed by atoms with Crippen molar-refractivity contribution in [3.8, 4) is 0 Å². The largest absolute Gasteiger partial charge is 0.350 e. The van der Waals surface area contributed by atoms with Gasteiger partial charge < -0.3 is 10.6 Å². The SMILES string of the molecule is CCC(C)NC(=O)c1ccccc1NC(=O)C12CC3CC(CC(C3)C1)C2. The Bertz CT molecular complexity index is 677. The van der Waals surface area contributed by atoms with Gasteiger partial charge in [0.05, 0.1) is 16.7 Å². The highest BCUT2D eigenvalue weighted by molar-refractivity contribution is 6.05. The van der Waals surface area contributed by atoms with Crippen molar-refractivity contribution in [2.24, 2.45) is 23.2 Å². The number of benzene rings is 1. The monoisotopic (exact) mass is 354 g/mol. The van der Waals surface area contributed by atoms with E-state index in [1.54, 1.807) is 6.07 Å². The molecule has 26 heavy (non-hydrogen) atoms. The number of para-hydroxylation sites is 1. The van der Waals surface area contributed by atoms with Crippen molar-refractivity contribution in [3.63, 3.8) is 0 Å². The molecule has 140 valence electrons. The van der Waals surface area contributed by atoms with E-state index in [1.807, 2.05) is 32.0 Å². The zero-order valence-corrected chi connectivity index (χ0v) is 15.9. The summed E-state index contributed by atoms with van der Waals surface area (Å²) in [5.41, 5.74) is 1.01. The van der Waals surface area contributed by atoms with Gasteiger partial charge in [0.25, 0.3) is 5.91 Å². The third-order valence-corrected chi connectivity index (χ3v) is 6.93. The minimum absolute atomic E-state index is 0.110. The van der Waals surface area contributed by atoms with E-state index < -0.39 is 0 Å². The Morgan fingerprint density at radius 3 is 2.23 bits per heavy atom. The van der Waals surface area contributed by atoms with Crippen LogP contribution in [0.15, 0.2) is 24.3 Å². The smallest absolute Gasteiger partial charge is 0.253 e. The standard InChI is InChI=1S/C22H30N2O2/c1-3-14(2)23-20(25)18-6-4-5-7-19(18)24-21(26)22-11-15-8-16(12-22)10-17(9-15)13-22/h4-7,14-17H,3,8-13H2,1-2H3,(H,23,25)(H,24,26). The topological polar surface area (TPSA) is 58.2 Å². The molecule has 0 saturated heterocycles. The van der Waals surface area contributed by atoms with Crippen LogP contribution in [-0.2, 0) is 4.79 Å². The van der Waals surface area contributed by atoms with E-state index in [4.69, 9.17) is 0 Å². The molecule has 0 spiro atoms. The number of hydrogen-bond donors (Lipinski definition) is 2. The molecule has 1 atom stereocenters. The molecule has 1 aromatic rings. The van der Waals surface area contributed by atoms with Gasteiger partial charge in [-0.05, 0) is 81.8 Å². The molecule has 5 rings (SSSR count). The molecule has 4 bridgehead atoms. The summed E-state index contributed by atoms with van der Waals surface area (Å²) in [6.45, 7) is 4.04. The average molecular weight is 354 g/mol. The van der Waals surface area contributed by atoms with Gasteiger partial charge in [0, 0.05) is 6.04 Å². The van der Waals surface area contributed by atoms with E-state index in [9.17, 15) is 9.59 Å². The molecule has 0 heterocycles. The van der Waals surface area contributed by atoms with Crippen LogP contribution in [0.2, 0.25) is 0 Å². The molecule has 0 aliphatic heterocycles. The Morgan fingerprint density at radius 1 is 1.08 bits per heavy atom. The maximum atomic E-state index is 13.3. The van der Waals surface area contributed by atoms with Crippen molar-refractivity contribution in [2.45, 2.75) is 64.8 Å². The quantitative estimate of drug-likeness (QED) is 0.825. The molecule has 4 saturated carbocycles. The summed E-state index contributed by atoms with van der Waals surface area (Å²) in [6.07, 6.45) is 7.94. The number of anilines is 1. The second-order valence-corrected chi connectivity index (χ2v) is 8.98. The second kappa shape index (κ2) is 6.71. The third-order valence-electron chi connectivity index (χ3n) is 6.93. The maximum absolute atomic E-state index is 13.3. The van der Waals surface area contributed by atoms with Crippen molar-refractivity contribution in [1.82, 2.24) is 5.32 Å². The van der Waals surface area contributed by atoms with E-state index >= 15 is 0 Å². The lowest BCUT2D eigenvalue weighted by atomic mass is 9.49. The summed E-state index contributed by atoms with van der Waals surface area (Å²) in [5, 5.41) is 6.14. The molecular formula is C22H30N2O2. The molecule has 1 unspecified atom stereocenters. The van der Waals surface area contributed by atoms with Crippen LogP contribution in [-0.4, -0.2) is 17.9 Å². The van der Waals surface area contributed by atoms with Gasteiger partial charge in [0.15, 0.2) is 0 Å². The minimum atomic E-state index is -0.199. The first-order valence-electron chi connectivity index (χ1n) is 10.2. The lowest BCUT2D eigenvalue weighted by molar-refractivity contribution is -0.140. The highest BCUT2D eigenvalue weighted by Crippen LogP contribution is 2.60. The van der Waals surface area contributed by atoms with Gasteiger partial charge in [-0.1, -0.05) is 19.1 Å². The number of carbonyl (C=O) groups excluding carboxylic acids is 2. The molecule has 2 amide bonds. The van der Waals surface area contributed by atoms with E-state index in [1.165, 1.54) is 19.3 Å². The first-order valence-corrected chi connectivity index (χ1v) is 10.2. The molecule has 1 aromatic carbocycles. The summed E-state index contributed by atoms with van der Waals surface area (Å²) >= 11 is 0. The highest BCUT2D eigenvalue weighted by Gasteiger charge is 2.54. The van der Waals surface area contributed by atoms with Crippen molar-refractivity contribution < 1.29 is 9.59 Å². The van der Waals surface area contributed by atoms with Gasteiger partial charge in [-0.25, -0.2) is 0 Å². The van der Waals surface area contributed by atoms with Gasteiger partial charge in [-0.2, -0.15) is 0 Å². The van der Waals surface area contributed by atoms with Crippen molar-refractivity contribution in [2.75, 3.05) is 5.32 Å². The summed E-state index contributed by atoms with van der Waals surface area (Å²) in [7, 11) is 0. The van der Waals surface area contributed by atoms with Crippen LogP contribution in [0.3, 0.4) is 0 Å². The second-order valence-electron chi connectivity index (χ2n) is 8.98. The fraction of sp³-hybridized carbons (Fsp3) is 0.636. The molecule has 4 nitrogen and oxygen atoms in total. The Hall–Kier alpha value is -1.84. The molecular weight excluding hydrogens is 324 g/mol. The van der Waals surface area contributed by atoms with Crippen LogP contribution >= 0.6 is 0 Å². The lowest BCUT2D eigenvalue weighted by Crippen LogP contribution is -2.51. The van der Waals surface area contributed by atoms with Crippen LogP contribution in [0.1, 0.15) is 69.2 Å². The predicted octanol–water partition coefficient (Wildman–Crippen LogP) is 4.37. The first kappa shape index (κ1) is 17.6. The van der Waals surface area contributed by atoms with Crippen LogP contribution in [0, 0.1) is 23.2 Å². The highest BCUT2D eigenvalue weighted by atomic mass is 16.2. The average Bonchev–Trinajstić information content (AvgIpc) is 2.60. The Kier molecular flexibility index (Phi) is 4.54. The van der Waals surface area contributed by atoms with Gasteiger partial charge in [-0.15, -0.1) is 0 Å². The number of rotatable bonds is 5. The van der Waals surface area contributed by atoms with Crippen molar-refractivity contribution in [3.05, 3.63) is 29.8 Å². The maximum Gasteiger partial charge on any atom is 0.253 e. The molecule has 4 aliphatic carbocycles. The summed E-state index contributed by atoms with van der Waals surface area (Å²) in [6, 6.07) is 7.51. The Balaban J connectivity index is 1.53. The molecule has 4 heteroatoms. The third kappa shape index (κ3) is 3.15. The van der Waals surface area contributed by atoms with Gasteiger partial charge in [0.2, 0.25) is 5.91 Å². The van der Waals surface area contributed by atoms with Gasteiger partial charge >= 0.3 is 0 Å². The number of hydrogen-bond acceptors (Lipinski definition) is 2. The normalized spacial score (nSPS) is 32.9. The number of carbonyl (C=O) groups is 2. The number of nitrogens with one attached hydrogen (secondary N) is 2. The fourth-order valence-electron chi connectivity index (χ4n) is 5.84. The van der Waals surface area contributed by atoms with E-state index in [0.29, 0.717) is 11.3 Å². The zero-order valence-electron chi connectivity index (χ0n) is 15.9. The summed E-state index contributed by atoms with van der Waals surface area (Å²) < 4.78 is 0. The van der Waals surface area contributed by atoms with Crippen molar-refractivity contribution in [1.29, 1.82) is 0 Å². The van der Waals surface area contributed by atoms with E-state index in [0.717, 1.165) is 43.4 Å². The van der Waals surface area contributed by atoms with Crippen molar-refractivity contribution >= 4 is 17.5 Å². The molecule has 0 radical (unpaired) electrons. The molecule has 2 N–H and O–H groups in total. The van der Waals surface area contributed by atoms with Crippen LogP contribution in [0.5, 0.6) is 0 Å². The van der Waals surface area contributed by atoms with Crippen LogP contribution < -0.4 is 10.6 Å². The van der Waals surface area contributed by atoms with Gasteiger partial charge in [0.1, 0.15) is 0 Å². The summed E-state index contributed by atoms with van der Waals surface area (Å²) in [4.78, 5) is 25.9. The zero-order chi connectivity index (χ0) is 18.3. The predicted molar refractivity (Wildman–Crippen MR) is 103 cm³/mol. The van der Waals surface area contributed by atoms with E-state index in [-0.39, 0.29) is 23.3 Å². The Morgan fingerprint density at radius 2 is 1.65 bits per heavy atom. The number of amides is 2. The summed E-state index contributed by atoms with van der Waals surface area (Å²) in [5.74, 6) is 2.23. The van der Waals surface area contributed by atoms with E-state index in [2.05, 4.69) is 10.6 Å². The fourth-order valence-corrected chi connectivity index (χ4v) is 5.84. The lowest BCUT2D eigenvalue weighted by Gasteiger charge is -2.55. The Labute approximate surface area is 156 Å². The molecule has 4 aliphatic rings. The van der Waals surface area contributed by atoms with Crippen LogP contribution in [0.25, 0.3) is 0 Å². The first-order chi connectivity index (χ1) is 12.5. The molecule has 0 aromatic heterocycles.